The molecular weight excluding hydrogens is 525 g/mol. The van der Waals surface area contributed by atoms with Gasteiger partial charge in [0.25, 0.3) is 10.0 Å². The van der Waals surface area contributed by atoms with Crippen LogP contribution in [0.3, 0.4) is 0 Å². The second-order valence-electron chi connectivity index (χ2n) is 9.97. The van der Waals surface area contributed by atoms with Crippen molar-refractivity contribution < 1.29 is 32.2 Å². The number of aromatic nitrogens is 2. The number of halogens is 1. The third-order valence-corrected chi connectivity index (χ3v) is 7.39. The van der Waals surface area contributed by atoms with E-state index in [1.807, 2.05) is 25.5 Å². The number of amides is 1. The van der Waals surface area contributed by atoms with Crippen LogP contribution in [0.15, 0.2) is 41.3 Å². The normalized spacial score (nSPS) is 11.7. The number of rotatable bonds is 10. The maximum Gasteiger partial charge on any atom is 0.421 e. The van der Waals surface area contributed by atoms with E-state index in [4.69, 9.17) is 4.74 Å². The van der Waals surface area contributed by atoms with Crippen LogP contribution >= 0.6 is 0 Å². The summed E-state index contributed by atoms with van der Waals surface area (Å²) in [5.41, 5.74) is 1.24. The molecule has 3 aromatic rings. The molecule has 210 valence electrons. The van der Waals surface area contributed by atoms with Crippen LogP contribution in [0, 0.1) is 18.7 Å². The lowest BCUT2D eigenvalue weighted by atomic mass is 9.89. The highest BCUT2D eigenvalue weighted by Gasteiger charge is 2.29. The number of hydrogen-bond acceptors (Lipinski definition) is 6. The number of ether oxygens (including phenoxy) is 1. The van der Waals surface area contributed by atoms with Gasteiger partial charge in [0.2, 0.25) is 0 Å². The molecule has 1 aromatic heterocycles. The Morgan fingerprint density at radius 1 is 1.08 bits per heavy atom. The van der Waals surface area contributed by atoms with Gasteiger partial charge in [0.05, 0.1) is 22.9 Å². The molecule has 0 atom stereocenters. The second-order valence-corrected chi connectivity index (χ2v) is 11.6. The van der Waals surface area contributed by atoms with Gasteiger partial charge in [-0.15, -0.1) is 0 Å². The molecule has 2 aromatic carbocycles. The fraction of sp³-hybridized carbons (Fsp3) is 0.393. The third-order valence-electron chi connectivity index (χ3n) is 6.02. The number of benzene rings is 2. The van der Waals surface area contributed by atoms with E-state index < -0.39 is 27.9 Å². The van der Waals surface area contributed by atoms with Crippen molar-refractivity contribution in [2.75, 3.05) is 6.61 Å². The van der Waals surface area contributed by atoms with Crippen molar-refractivity contribution >= 4 is 22.1 Å². The van der Waals surface area contributed by atoms with Gasteiger partial charge in [-0.25, -0.2) is 27.1 Å². The molecule has 0 aliphatic rings. The molecule has 11 heteroatoms. The maximum atomic E-state index is 16.4. The lowest BCUT2D eigenvalue weighted by Crippen LogP contribution is -2.32. The Bertz CT molecular complexity index is 1500. The topological polar surface area (TPSA) is 128 Å². The van der Waals surface area contributed by atoms with Gasteiger partial charge in [-0.1, -0.05) is 65.0 Å². The van der Waals surface area contributed by atoms with Crippen molar-refractivity contribution in [3.05, 3.63) is 59.0 Å². The minimum absolute atomic E-state index is 0.00544. The van der Waals surface area contributed by atoms with Gasteiger partial charge in [0.15, 0.2) is 0 Å². The number of nitrogens with one attached hydrogen (secondary N) is 1. The molecule has 0 aliphatic carbocycles. The molecule has 0 unspecified atom stereocenters. The smallest absolute Gasteiger partial charge is 0.421 e. The molecule has 0 aliphatic heterocycles. The predicted octanol–water partition coefficient (Wildman–Crippen LogP) is 5.97. The van der Waals surface area contributed by atoms with Crippen molar-refractivity contribution in [3.8, 4) is 22.4 Å². The number of carboxylic acids is 1. The van der Waals surface area contributed by atoms with E-state index in [9.17, 15) is 23.1 Å². The molecule has 39 heavy (non-hydrogen) atoms. The maximum absolute atomic E-state index is 16.4. The largest absolute Gasteiger partial charge is 0.478 e. The highest BCUT2D eigenvalue weighted by atomic mass is 32.2. The first-order chi connectivity index (χ1) is 18.3. The second kappa shape index (κ2) is 12.0. The van der Waals surface area contributed by atoms with Gasteiger partial charge in [0, 0.05) is 28.8 Å². The van der Waals surface area contributed by atoms with E-state index in [2.05, 4.69) is 5.10 Å². The Morgan fingerprint density at radius 3 is 2.31 bits per heavy atom. The molecule has 0 saturated carbocycles. The molecule has 0 spiro atoms. The van der Waals surface area contributed by atoms with Gasteiger partial charge in [-0.2, -0.15) is 5.10 Å². The number of aryl methyl sites for hydroxylation is 2. The fourth-order valence-electron chi connectivity index (χ4n) is 4.42. The number of sulfonamides is 1. The zero-order valence-corrected chi connectivity index (χ0v) is 23.7. The molecule has 9 nitrogen and oxygen atoms in total. The van der Waals surface area contributed by atoms with E-state index in [0.717, 1.165) is 0 Å². The standard InChI is InChI=1S/C28H34FN3O6S/c1-7-14-32-26(24(27(33)34)18(6)30-32)21-13-12-20(25(29)23(21)17(4)5)19-10-8-9-11-22(19)39(36,37)31-28(35)38-15-16(2)3/h8-13,16-17H,7,14-15H2,1-6H3,(H,31,35)(H,33,34). The van der Waals surface area contributed by atoms with Crippen LogP contribution < -0.4 is 4.72 Å². The summed E-state index contributed by atoms with van der Waals surface area (Å²) in [6.45, 7) is 11.2. The summed E-state index contributed by atoms with van der Waals surface area (Å²) in [5, 5.41) is 14.3. The van der Waals surface area contributed by atoms with Gasteiger partial charge < -0.3 is 9.84 Å². The highest BCUT2D eigenvalue weighted by Crippen LogP contribution is 2.40. The summed E-state index contributed by atoms with van der Waals surface area (Å²) in [7, 11) is -4.41. The Kier molecular flexibility index (Phi) is 9.16. The van der Waals surface area contributed by atoms with Crippen molar-refractivity contribution in [1.29, 1.82) is 0 Å². The molecule has 0 bridgehead atoms. The highest BCUT2D eigenvalue weighted by molar-refractivity contribution is 7.90. The molecule has 1 amide bonds. The lowest BCUT2D eigenvalue weighted by Gasteiger charge is -2.20. The average Bonchev–Trinajstić information content (AvgIpc) is 3.18. The van der Waals surface area contributed by atoms with Gasteiger partial charge >= 0.3 is 12.1 Å². The van der Waals surface area contributed by atoms with Crippen LogP contribution in [0.1, 0.15) is 68.6 Å². The number of carbonyl (C=O) groups excluding carboxylic acids is 1. The molecule has 0 radical (unpaired) electrons. The molecule has 0 saturated heterocycles. The third kappa shape index (κ3) is 6.30. The lowest BCUT2D eigenvalue weighted by molar-refractivity contribution is 0.0696. The van der Waals surface area contributed by atoms with Gasteiger partial charge in [0.1, 0.15) is 11.4 Å². The fourth-order valence-corrected chi connectivity index (χ4v) is 5.53. The van der Waals surface area contributed by atoms with Crippen LogP contribution in [-0.4, -0.2) is 42.0 Å². The molecule has 0 fully saturated rings. The quantitative estimate of drug-likeness (QED) is 0.313. The number of carboxylic acid groups (broad SMARTS) is 1. The minimum atomic E-state index is -4.41. The SMILES string of the molecule is CCCn1nc(C)c(C(=O)O)c1-c1ccc(-c2ccccc2S(=O)(=O)NC(=O)OCC(C)C)c(F)c1C(C)C. The summed E-state index contributed by atoms with van der Waals surface area (Å²) >= 11 is 0. The van der Waals surface area contributed by atoms with Gasteiger partial charge in [-0.05, 0) is 31.2 Å². The summed E-state index contributed by atoms with van der Waals surface area (Å²) in [6.07, 6.45) is -0.444. The summed E-state index contributed by atoms with van der Waals surface area (Å²) in [5.74, 6) is -2.24. The average molecular weight is 560 g/mol. The van der Waals surface area contributed by atoms with Crippen LogP contribution in [0.5, 0.6) is 0 Å². The van der Waals surface area contributed by atoms with E-state index >= 15 is 4.39 Å². The van der Waals surface area contributed by atoms with E-state index in [1.54, 1.807) is 37.6 Å². The van der Waals surface area contributed by atoms with Crippen LogP contribution in [0.2, 0.25) is 0 Å². The molecular formula is C28H34FN3O6S. The first kappa shape index (κ1) is 29.8. The molecule has 1 heterocycles. The van der Waals surface area contributed by atoms with E-state index in [0.29, 0.717) is 29.9 Å². The number of aromatic carboxylic acids is 1. The molecule has 3 rings (SSSR count). The first-order valence-electron chi connectivity index (χ1n) is 12.7. The van der Waals surface area contributed by atoms with Crippen LogP contribution in [0.4, 0.5) is 9.18 Å². The Balaban J connectivity index is 2.21. The zero-order chi connectivity index (χ0) is 29.1. The summed E-state index contributed by atoms with van der Waals surface area (Å²) in [4.78, 5) is 24.0. The Morgan fingerprint density at radius 2 is 1.72 bits per heavy atom. The summed E-state index contributed by atoms with van der Waals surface area (Å²) < 4.78 is 51.0. The van der Waals surface area contributed by atoms with Crippen molar-refractivity contribution in [2.24, 2.45) is 5.92 Å². The zero-order valence-electron chi connectivity index (χ0n) is 22.9. The van der Waals surface area contributed by atoms with Crippen molar-refractivity contribution in [2.45, 2.75) is 65.3 Å². The van der Waals surface area contributed by atoms with Crippen molar-refractivity contribution in [3.63, 3.8) is 0 Å². The van der Waals surface area contributed by atoms with Crippen LogP contribution in [0.25, 0.3) is 22.4 Å². The van der Waals surface area contributed by atoms with Crippen LogP contribution in [-0.2, 0) is 21.3 Å². The molecule has 2 N–H and O–H groups in total. The Hall–Kier alpha value is -3.73. The number of carbonyl (C=O) groups is 2. The van der Waals surface area contributed by atoms with E-state index in [1.165, 1.54) is 24.3 Å². The van der Waals surface area contributed by atoms with E-state index in [-0.39, 0.29) is 45.6 Å². The predicted molar refractivity (Wildman–Crippen MR) is 146 cm³/mol. The number of hydrogen-bond donors (Lipinski definition) is 2. The first-order valence-corrected chi connectivity index (χ1v) is 14.2. The number of nitrogens with zero attached hydrogens (tertiary/aromatic N) is 2. The van der Waals surface area contributed by atoms with Gasteiger partial charge in [-0.3, -0.25) is 4.68 Å². The van der Waals surface area contributed by atoms with Crippen molar-refractivity contribution in [1.82, 2.24) is 14.5 Å². The summed E-state index contributed by atoms with van der Waals surface area (Å²) in [6, 6.07) is 8.78. The Labute approximate surface area is 228 Å². The minimum Gasteiger partial charge on any atom is -0.478 e. The monoisotopic (exact) mass is 559 g/mol.